The van der Waals surface area contributed by atoms with Crippen molar-refractivity contribution in [3.8, 4) is 0 Å². The number of nitrogens with one attached hydrogen (secondary N) is 2. The molecule has 4 rings (SSSR count). The molecule has 9 heteroatoms. The molecule has 2 N–H and O–H groups in total. The van der Waals surface area contributed by atoms with Crippen LogP contribution in [0.2, 0.25) is 0 Å². The molecule has 2 heterocycles. The van der Waals surface area contributed by atoms with Crippen molar-refractivity contribution in [2.75, 3.05) is 5.32 Å². The zero-order chi connectivity index (χ0) is 21.3. The molecule has 6 nitrogen and oxygen atoms in total. The van der Waals surface area contributed by atoms with Gasteiger partial charge < -0.3 is 10.3 Å². The number of carbonyl (C=O) groups excluding carboxylic acids is 1. The van der Waals surface area contributed by atoms with Gasteiger partial charge in [-0.1, -0.05) is 0 Å². The van der Waals surface area contributed by atoms with Crippen molar-refractivity contribution in [3.05, 3.63) is 71.3 Å². The van der Waals surface area contributed by atoms with E-state index in [-0.39, 0.29) is 5.91 Å². The number of H-pyrrole nitrogens is 1. The molecule has 152 valence electrons. The summed E-state index contributed by atoms with van der Waals surface area (Å²) in [5, 5.41) is 3.47. The SMILES string of the molecule is Cc1cc(C)nc(Sc2ccc(NC(=O)c3ccc4nc(C(F)F)[nH]c4c3)cc2)n1. The third-order valence-corrected chi connectivity index (χ3v) is 5.13. The van der Waals surface area contributed by atoms with Crippen molar-refractivity contribution in [1.82, 2.24) is 19.9 Å². The molecule has 0 saturated carbocycles. The molecule has 1 amide bonds. The molecule has 30 heavy (non-hydrogen) atoms. The van der Waals surface area contributed by atoms with E-state index in [9.17, 15) is 13.6 Å². The van der Waals surface area contributed by atoms with E-state index in [1.807, 2.05) is 32.0 Å². The minimum absolute atomic E-state index is 0.342. The molecular formula is C21H17F2N5OS. The number of fused-ring (bicyclic) bond motifs is 1. The van der Waals surface area contributed by atoms with E-state index in [1.54, 1.807) is 18.2 Å². The first-order valence-corrected chi connectivity index (χ1v) is 9.88. The molecule has 0 bridgehead atoms. The highest BCUT2D eigenvalue weighted by atomic mass is 32.2. The van der Waals surface area contributed by atoms with Crippen molar-refractivity contribution in [2.45, 2.75) is 30.3 Å². The standard InChI is InChI=1S/C21H17F2N5OS/c1-11-9-12(2)25-21(24-11)30-15-6-4-14(5-7-15)26-20(29)13-3-8-16-17(10-13)28-19(27-16)18(22)23/h3-10,18H,1-2H3,(H,26,29)(H,27,28). The maximum Gasteiger partial charge on any atom is 0.295 e. The van der Waals surface area contributed by atoms with Gasteiger partial charge >= 0.3 is 0 Å². The molecule has 0 saturated heterocycles. The number of rotatable bonds is 5. The van der Waals surface area contributed by atoms with Crippen LogP contribution in [0.15, 0.2) is 58.6 Å². The predicted molar refractivity (Wildman–Crippen MR) is 111 cm³/mol. The van der Waals surface area contributed by atoms with Gasteiger partial charge in [-0.2, -0.15) is 0 Å². The number of benzene rings is 2. The average Bonchev–Trinajstić information content (AvgIpc) is 3.12. The van der Waals surface area contributed by atoms with Gasteiger partial charge in [-0.25, -0.2) is 23.7 Å². The average molecular weight is 425 g/mol. The number of anilines is 1. The van der Waals surface area contributed by atoms with Gasteiger partial charge in [0.25, 0.3) is 12.3 Å². The number of carbonyl (C=O) groups is 1. The van der Waals surface area contributed by atoms with Gasteiger partial charge in [0.2, 0.25) is 0 Å². The molecule has 0 atom stereocenters. The van der Waals surface area contributed by atoms with E-state index >= 15 is 0 Å². The van der Waals surface area contributed by atoms with E-state index in [4.69, 9.17) is 0 Å². The summed E-state index contributed by atoms with van der Waals surface area (Å²) in [6.45, 7) is 3.85. The van der Waals surface area contributed by atoms with Crippen LogP contribution in [0.3, 0.4) is 0 Å². The first kappa shape index (κ1) is 20.0. The predicted octanol–water partition coefficient (Wildman–Crippen LogP) is 5.31. The Bertz CT molecular complexity index is 1200. The van der Waals surface area contributed by atoms with Crippen LogP contribution in [0.5, 0.6) is 0 Å². The number of halogens is 2. The Morgan fingerprint density at radius 3 is 2.37 bits per heavy atom. The molecule has 2 aromatic heterocycles. The largest absolute Gasteiger partial charge is 0.337 e. The minimum Gasteiger partial charge on any atom is -0.337 e. The summed E-state index contributed by atoms with van der Waals surface area (Å²) in [5.41, 5.74) is 3.54. The maximum absolute atomic E-state index is 12.8. The number of aromatic nitrogens is 4. The van der Waals surface area contributed by atoms with Crippen LogP contribution >= 0.6 is 11.8 Å². The Kier molecular flexibility index (Phi) is 5.45. The van der Waals surface area contributed by atoms with Crippen molar-refractivity contribution in [3.63, 3.8) is 0 Å². The van der Waals surface area contributed by atoms with Crippen LogP contribution in [0.4, 0.5) is 14.5 Å². The van der Waals surface area contributed by atoms with Crippen LogP contribution in [0, 0.1) is 13.8 Å². The number of alkyl halides is 2. The number of aryl methyl sites for hydroxylation is 2. The second kappa shape index (κ2) is 8.19. The number of amides is 1. The third-order valence-electron chi connectivity index (χ3n) is 4.25. The summed E-state index contributed by atoms with van der Waals surface area (Å²) in [5.74, 6) is -0.758. The minimum atomic E-state index is -2.69. The second-order valence-corrected chi connectivity index (χ2v) is 7.71. The van der Waals surface area contributed by atoms with Crippen molar-refractivity contribution >= 4 is 34.4 Å². The quantitative estimate of drug-likeness (QED) is 0.423. The van der Waals surface area contributed by atoms with E-state index in [0.29, 0.717) is 27.4 Å². The Morgan fingerprint density at radius 1 is 1.00 bits per heavy atom. The van der Waals surface area contributed by atoms with E-state index in [1.165, 1.54) is 23.9 Å². The molecular weight excluding hydrogens is 408 g/mol. The van der Waals surface area contributed by atoms with Gasteiger partial charge in [0.05, 0.1) is 11.0 Å². The van der Waals surface area contributed by atoms with Crippen LogP contribution in [-0.2, 0) is 0 Å². The highest BCUT2D eigenvalue weighted by molar-refractivity contribution is 7.99. The summed E-state index contributed by atoms with van der Waals surface area (Å²) in [7, 11) is 0. The normalized spacial score (nSPS) is 11.2. The van der Waals surface area contributed by atoms with Gasteiger partial charge in [0, 0.05) is 27.5 Å². The summed E-state index contributed by atoms with van der Waals surface area (Å²) in [6, 6.07) is 13.8. The van der Waals surface area contributed by atoms with Crippen LogP contribution in [-0.4, -0.2) is 25.8 Å². The Morgan fingerprint density at radius 2 is 1.70 bits per heavy atom. The van der Waals surface area contributed by atoms with Crippen LogP contribution in [0.25, 0.3) is 11.0 Å². The molecule has 0 aliphatic rings. The Hall–Kier alpha value is -3.33. The fourth-order valence-electron chi connectivity index (χ4n) is 2.93. The lowest BCUT2D eigenvalue weighted by atomic mass is 10.2. The molecule has 0 unspecified atom stereocenters. The summed E-state index contributed by atoms with van der Waals surface area (Å²) in [4.78, 5) is 28.6. The van der Waals surface area contributed by atoms with E-state index in [0.717, 1.165) is 16.3 Å². The number of aromatic amines is 1. The lowest BCUT2D eigenvalue weighted by Crippen LogP contribution is -2.11. The fourth-order valence-corrected chi connectivity index (χ4v) is 3.79. The Balaban J connectivity index is 1.46. The zero-order valence-corrected chi connectivity index (χ0v) is 16.9. The molecule has 0 spiro atoms. The van der Waals surface area contributed by atoms with Gasteiger partial charge in [0.1, 0.15) is 0 Å². The van der Waals surface area contributed by atoms with Gasteiger partial charge in [0.15, 0.2) is 11.0 Å². The van der Waals surface area contributed by atoms with E-state index in [2.05, 4.69) is 25.3 Å². The van der Waals surface area contributed by atoms with Crippen LogP contribution in [0.1, 0.15) is 34.0 Å². The first-order valence-electron chi connectivity index (χ1n) is 9.07. The first-order chi connectivity index (χ1) is 14.4. The van der Waals surface area contributed by atoms with E-state index < -0.39 is 12.2 Å². The smallest absolute Gasteiger partial charge is 0.295 e. The third kappa shape index (κ3) is 4.46. The molecule has 2 aromatic carbocycles. The molecule has 0 aliphatic heterocycles. The molecule has 0 aliphatic carbocycles. The Labute approximate surface area is 175 Å². The lowest BCUT2D eigenvalue weighted by Gasteiger charge is -2.07. The monoisotopic (exact) mass is 425 g/mol. The van der Waals surface area contributed by atoms with Gasteiger partial charge in [-0.3, -0.25) is 4.79 Å². The van der Waals surface area contributed by atoms with Gasteiger partial charge in [-0.05, 0) is 74.1 Å². The molecule has 4 aromatic rings. The summed E-state index contributed by atoms with van der Waals surface area (Å²) >= 11 is 1.44. The summed E-state index contributed by atoms with van der Waals surface area (Å²) < 4.78 is 25.6. The number of nitrogens with zero attached hydrogens (tertiary/aromatic N) is 3. The number of hydrogen-bond acceptors (Lipinski definition) is 5. The van der Waals surface area contributed by atoms with Gasteiger partial charge in [-0.15, -0.1) is 0 Å². The number of hydrogen-bond donors (Lipinski definition) is 2. The van der Waals surface area contributed by atoms with Crippen molar-refractivity contribution in [1.29, 1.82) is 0 Å². The molecule has 0 radical (unpaired) electrons. The second-order valence-electron chi connectivity index (χ2n) is 6.67. The van der Waals surface area contributed by atoms with Crippen molar-refractivity contribution < 1.29 is 13.6 Å². The topological polar surface area (TPSA) is 83.6 Å². The molecule has 0 fully saturated rings. The fraction of sp³-hybridized carbons (Fsp3) is 0.143. The summed E-state index contributed by atoms with van der Waals surface area (Å²) in [6.07, 6.45) is -2.69. The number of imidazole rings is 1. The highest BCUT2D eigenvalue weighted by Gasteiger charge is 2.14. The lowest BCUT2D eigenvalue weighted by molar-refractivity contribution is 0.102. The van der Waals surface area contributed by atoms with Crippen molar-refractivity contribution in [2.24, 2.45) is 0 Å². The highest BCUT2D eigenvalue weighted by Crippen LogP contribution is 2.26. The zero-order valence-electron chi connectivity index (χ0n) is 16.1. The maximum atomic E-state index is 12.8. The van der Waals surface area contributed by atoms with Crippen LogP contribution < -0.4 is 5.32 Å².